The highest BCUT2D eigenvalue weighted by atomic mass is 16.4. The van der Waals surface area contributed by atoms with Crippen LogP contribution in [0.5, 0.6) is 0 Å². The van der Waals surface area contributed by atoms with E-state index in [0.29, 0.717) is 18.4 Å². The minimum atomic E-state index is -0.632. The maximum Gasteiger partial charge on any atom is 0.303 e. The molecule has 0 aromatic rings. The number of hydrogen-bond acceptors (Lipinski definition) is 2. The van der Waals surface area contributed by atoms with E-state index < -0.39 is 5.97 Å². The van der Waals surface area contributed by atoms with Crippen LogP contribution in [0.15, 0.2) is 0 Å². The summed E-state index contributed by atoms with van der Waals surface area (Å²) in [6.07, 6.45) is 9.57. The number of carboxylic acids is 1. The lowest BCUT2D eigenvalue weighted by Crippen LogP contribution is -2.45. The predicted molar refractivity (Wildman–Crippen MR) is 72.6 cm³/mol. The molecular weight excluding hydrogens is 226 g/mol. The van der Waals surface area contributed by atoms with Gasteiger partial charge in [0.25, 0.3) is 0 Å². The van der Waals surface area contributed by atoms with Crippen molar-refractivity contribution in [2.75, 3.05) is 13.1 Å². The van der Waals surface area contributed by atoms with Crippen LogP contribution in [0, 0.1) is 11.8 Å². The molecule has 1 saturated heterocycles. The summed E-state index contributed by atoms with van der Waals surface area (Å²) < 4.78 is 0. The molecule has 1 N–H and O–H groups in total. The first-order chi connectivity index (χ1) is 8.66. The van der Waals surface area contributed by atoms with E-state index in [1.807, 2.05) is 0 Å². The molecule has 2 aliphatic rings. The van der Waals surface area contributed by atoms with Crippen LogP contribution in [0.25, 0.3) is 0 Å². The fourth-order valence-electron chi connectivity index (χ4n) is 3.80. The molecule has 0 aromatic heterocycles. The van der Waals surface area contributed by atoms with Crippen molar-refractivity contribution in [3.63, 3.8) is 0 Å². The molecule has 0 radical (unpaired) electrons. The first kappa shape index (κ1) is 13.9. The molecule has 1 heterocycles. The Kier molecular flexibility index (Phi) is 5.04. The average Bonchev–Trinajstić information content (AvgIpc) is 2.38. The van der Waals surface area contributed by atoms with Gasteiger partial charge in [-0.1, -0.05) is 19.3 Å². The lowest BCUT2D eigenvalue weighted by atomic mass is 9.82. The molecule has 1 saturated carbocycles. The van der Waals surface area contributed by atoms with E-state index in [1.54, 1.807) is 0 Å². The summed E-state index contributed by atoms with van der Waals surface area (Å²) in [4.78, 5) is 13.4. The summed E-state index contributed by atoms with van der Waals surface area (Å²) in [7, 11) is 0. The molecule has 3 heteroatoms. The maximum atomic E-state index is 10.8. The summed E-state index contributed by atoms with van der Waals surface area (Å²) in [6.45, 7) is 4.54. The number of carbonyl (C=O) groups is 1. The molecule has 1 aliphatic heterocycles. The molecule has 0 aromatic carbocycles. The minimum Gasteiger partial charge on any atom is -0.481 e. The van der Waals surface area contributed by atoms with Crippen LogP contribution in [0.4, 0.5) is 0 Å². The van der Waals surface area contributed by atoms with Gasteiger partial charge in [-0.2, -0.15) is 0 Å². The third kappa shape index (κ3) is 3.71. The van der Waals surface area contributed by atoms with E-state index in [4.69, 9.17) is 5.11 Å². The van der Waals surface area contributed by atoms with Crippen molar-refractivity contribution in [3.05, 3.63) is 0 Å². The fraction of sp³-hybridized carbons (Fsp3) is 0.933. The SMILES string of the molecule is CC(C1CCCCC1)N1CCCC(CC(=O)O)C1. The van der Waals surface area contributed by atoms with E-state index >= 15 is 0 Å². The van der Waals surface area contributed by atoms with Crippen LogP contribution in [-0.4, -0.2) is 35.1 Å². The first-order valence-electron chi connectivity index (χ1n) is 7.62. The highest BCUT2D eigenvalue weighted by Crippen LogP contribution is 2.31. The Bertz CT molecular complexity index is 274. The maximum absolute atomic E-state index is 10.8. The highest BCUT2D eigenvalue weighted by molar-refractivity contribution is 5.67. The molecule has 1 aliphatic carbocycles. The summed E-state index contributed by atoms with van der Waals surface area (Å²) in [5.41, 5.74) is 0. The first-order valence-corrected chi connectivity index (χ1v) is 7.62. The van der Waals surface area contributed by atoms with Crippen molar-refractivity contribution in [3.8, 4) is 0 Å². The second-order valence-electron chi connectivity index (χ2n) is 6.24. The molecule has 0 amide bonds. The third-order valence-corrected chi connectivity index (χ3v) is 4.92. The average molecular weight is 253 g/mol. The van der Waals surface area contributed by atoms with Gasteiger partial charge in [-0.25, -0.2) is 0 Å². The van der Waals surface area contributed by atoms with Gasteiger partial charge in [0.2, 0.25) is 0 Å². The van der Waals surface area contributed by atoms with Crippen molar-refractivity contribution < 1.29 is 9.90 Å². The van der Waals surface area contributed by atoms with E-state index in [0.717, 1.165) is 18.9 Å². The minimum absolute atomic E-state index is 0.355. The van der Waals surface area contributed by atoms with Gasteiger partial charge in [-0.05, 0) is 51.0 Å². The second-order valence-corrected chi connectivity index (χ2v) is 6.24. The van der Waals surface area contributed by atoms with E-state index in [1.165, 1.54) is 45.1 Å². The third-order valence-electron chi connectivity index (χ3n) is 4.92. The largest absolute Gasteiger partial charge is 0.481 e. The van der Waals surface area contributed by atoms with Gasteiger partial charge < -0.3 is 10.0 Å². The summed E-state index contributed by atoms with van der Waals surface area (Å²) in [6, 6.07) is 0.655. The molecular formula is C15H27NO2. The van der Waals surface area contributed by atoms with Crippen LogP contribution in [0.1, 0.15) is 58.3 Å². The van der Waals surface area contributed by atoms with Crippen LogP contribution >= 0.6 is 0 Å². The van der Waals surface area contributed by atoms with Gasteiger partial charge in [0.15, 0.2) is 0 Å². The number of piperidine rings is 1. The Morgan fingerprint density at radius 3 is 2.61 bits per heavy atom. The fourth-order valence-corrected chi connectivity index (χ4v) is 3.80. The smallest absolute Gasteiger partial charge is 0.303 e. The van der Waals surface area contributed by atoms with Gasteiger partial charge >= 0.3 is 5.97 Å². The van der Waals surface area contributed by atoms with Crippen molar-refractivity contribution >= 4 is 5.97 Å². The Labute approximate surface area is 111 Å². The second kappa shape index (κ2) is 6.55. The zero-order valence-corrected chi connectivity index (χ0v) is 11.6. The topological polar surface area (TPSA) is 40.5 Å². The molecule has 2 atom stereocenters. The molecule has 2 fully saturated rings. The molecule has 0 bridgehead atoms. The summed E-state index contributed by atoms with van der Waals surface area (Å²) in [5, 5.41) is 8.92. The van der Waals surface area contributed by atoms with Gasteiger partial charge in [0.1, 0.15) is 0 Å². The Hall–Kier alpha value is -0.570. The number of rotatable bonds is 4. The number of nitrogens with zero attached hydrogens (tertiary/aromatic N) is 1. The lowest BCUT2D eigenvalue weighted by Gasteiger charge is -2.41. The number of likely N-dealkylation sites (tertiary alicyclic amines) is 1. The summed E-state index contributed by atoms with van der Waals surface area (Å²) in [5.74, 6) is 0.594. The van der Waals surface area contributed by atoms with Crippen molar-refractivity contribution in [1.82, 2.24) is 4.90 Å². The molecule has 104 valence electrons. The van der Waals surface area contributed by atoms with Crippen LogP contribution in [0.2, 0.25) is 0 Å². The highest BCUT2D eigenvalue weighted by Gasteiger charge is 2.29. The van der Waals surface area contributed by atoms with Crippen LogP contribution < -0.4 is 0 Å². The number of carboxylic acid groups (broad SMARTS) is 1. The number of aliphatic carboxylic acids is 1. The van der Waals surface area contributed by atoms with Gasteiger partial charge in [0, 0.05) is 19.0 Å². The molecule has 2 unspecified atom stereocenters. The van der Waals surface area contributed by atoms with E-state index in [-0.39, 0.29) is 0 Å². The molecule has 2 rings (SSSR count). The van der Waals surface area contributed by atoms with Gasteiger partial charge in [-0.3, -0.25) is 4.79 Å². The quantitative estimate of drug-likeness (QED) is 0.836. The van der Waals surface area contributed by atoms with Crippen molar-refractivity contribution in [2.24, 2.45) is 11.8 Å². The predicted octanol–water partition coefficient (Wildman–Crippen LogP) is 3.14. The standard InChI is InChI=1S/C15H27NO2/c1-12(14-7-3-2-4-8-14)16-9-5-6-13(11-16)10-15(17)18/h12-14H,2-11H2,1H3,(H,17,18). The summed E-state index contributed by atoms with van der Waals surface area (Å²) >= 11 is 0. The van der Waals surface area contributed by atoms with Gasteiger partial charge in [0.05, 0.1) is 0 Å². The zero-order valence-electron chi connectivity index (χ0n) is 11.6. The lowest BCUT2D eigenvalue weighted by molar-refractivity contribution is -0.138. The monoisotopic (exact) mass is 253 g/mol. The van der Waals surface area contributed by atoms with Gasteiger partial charge in [-0.15, -0.1) is 0 Å². The molecule has 3 nitrogen and oxygen atoms in total. The Morgan fingerprint density at radius 2 is 1.94 bits per heavy atom. The number of hydrogen-bond donors (Lipinski definition) is 1. The normalized spacial score (nSPS) is 29.1. The van der Waals surface area contributed by atoms with Crippen molar-refractivity contribution in [1.29, 1.82) is 0 Å². The molecule has 0 spiro atoms. The van der Waals surface area contributed by atoms with Crippen LogP contribution in [0.3, 0.4) is 0 Å². The zero-order chi connectivity index (χ0) is 13.0. The Morgan fingerprint density at radius 1 is 1.22 bits per heavy atom. The van der Waals surface area contributed by atoms with Crippen LogP contribution in [-0.2, 0) is 4.79 Å². The van der Waals surface area contributed by atoms with E-state index in [2.05, 4.69) is 11.8 Å². The molecule has 18 heavy (non-hydrogen) atoms. The Balaban J connectivity index is 1.85. The van der Waals surface area contributed by atoms with Crippen molar-refractivity contribution in [2.45, 2.75) is 64.3 Å². The van der Waals surface area contributed by atoms with E-state index in [9.17, 15) is 4.79 Å².